The molecule has 0 bridgehead atoms. The van der Waals surface area contributed by atoms with Crippen molar-refractivity contribution in [3.63, 3.8) is 0 Å². The standard InChI is InChI=1S/C20H29N7O2/c1-8-10-25(11-9-2)17-21-16(24(6)7)22-18(23-17)26-12-14-27(15-13-26)19(28)29-20(3,4)5/h1-2H,10-15H2,3-7H3. The fourth-order valence-electron chi connectivity index (χ4n) is 2.66. The van der Waals surface area contributed by atoms with Crippen LogP contribution in [0.3, 0.4) is 0 Å². The van der Waals surface area contributed by atoms with Crippen LogP contribution in [0.1, 0.15) is 20.8 Å². The summed E-state index contributed by atoms with van der Waals surface area (Å²) in [7, 11) is 3.71. The normalized spacial score (nSPS) is 14.0. The Labute approximate surface area is 173 Å². The molecule has 1 saturated heterocycles. The van der Waals surface area contributed by atoms with Crippen molar-refractivity contribution in [3.8, 4) is 24.7 Å². The number of aromatic nitrogens is 3. The number of anilines is 3. The largest absolute Gasteiger partial charge is 0.444 e. The quantitative estimate of drug-likeness (QED) is 0.681. The lowest BCUT2D eigenvalue weighted by Gasteiger charge is -2.36. The highest BCUT2D eigenvalue weighted by Crippen LogP contribution is 2.20. The Balaban J connectivity index is 2.19. The second kappa shape index (κ2) is 9.33. The van der Waals surface area contributed by atoms with Gasteiger partial charge in [0.1, 0.15) is 5.60 Å². The first kappa shape index (κ1) is 22.1. The number of amides is 1. The van der Waals surface area contributed by atoms with E-state index in [1.807, 2.05) is 39.8 Å². The molecule has 0 saturated carbocycles. The van der Waals surface area contributed by atoms with Crippen LogP contribution in [0.4, 0.5) is 22.6 Å². The predicted molar refractivity (Wildman–Crippen MR) is 114 cm³/mol. The summed E-state index contributed by atoms with van der Waals surface area (Å²) in [5.41, 5.74) is -0.518. The summed E-state index contributed by atoms with van der Waals surface area (Å²) >= 11 is 0. The Hall–Kier alpha value is -3.20. The van der Waals surface area contributed by atoms with Crippen molar-refractivity contribution in [1.29, 1.82) is 0 Å². The summed E-state index contributed by atoms with van der Waals surface area (Å²) in [5.74, 6) is 6.64. The summed E-state index contributed by atoms with van der Waals surface area (Å²) in [6.07, 6.45) is 10.6. The van der Waals surface area contributed by atoms with Crippen molar-refractivity contribution >= 4 is 23.9 Å². The van der Waals surface area contributed by atoms with E-state index >= 15 is 0 Å². The number of terminal acetylenes is 2. The Morgan fingerprint density at radius 1 is 1.03 bits per heavy atom. The lowest BCUT2D eigenvalue weighted by molar-refractivity contribution is 0.0240. The van der Waals surface area contributed by atoms with E-state index in [1.54, 1.807) is 14.7 Å². The molecule has 1 aromatic heterocycles. The van der Waals surface area contributed by atoms with Gasteiger partial charge in [-0.3, -0.25) is 0 Å². The molecule has 9 heteroatoms. The van der Waals surface area contributed by atoms with Crippen molar-refractivity contribution in [2.45, 2.75) is 26.4 Å². The number of nitrogens with zero attached hydrogens (tertiary/aromatic N) is 7. The summed E-state index contributed by atoms with van der Waals surface area (Å²) in [5, 5.41) is 0. The molecular weight excluding hydrogens is 370 g/mol. The molecular formula is C20H29N7O2. The van der Waals surface area contributed by atoms with Crippen LogP contribution in [0, 0.1) is 24.7 Å². The van der Waals surface area contributed by atoms with Crippen molar-refractivity contribution < 1.29 is 9.53 Å². The average Bonchev–Trinajstić information content (AvgIpc) is 2.66. The van der Waals surface area contributed by atoms with E-state index in [1.165, 1.54) is 0 Å². The summed E-state index contributed by atoms with van der Waals surface area (Å²) in [6, 6.07) is 0. The topological polar surface area (TPSA) is 77.9 Å². The maximum Gasteiger partial charge on any atom is 0.410 e. The Kier molecular flexibility index (Phi) is 7.11. The first-order chi connectivity index (χ1) is 13.6. The van der Waals surface area contributed by atoms with Crippen LogP contribution in [0.15, 0.2) is 0 Å². The molecule has 0 unspecified atom stereocenters. The predicted octanol–water partition coefficient (Wildman–Crippen LogP) is 1.07. The maximum absolute atomic E-state index is 12.3. The van der Waals surface area contributed by atoms with E-state index in [4.69, 9.17) is 17.6 Å². The fourth-order valence-corrected chi connectivity index (χ4v) is 2.66. The Bertz CT molecular complexity index is 781. The Morgan fingerprint density at radius 2 is 1.59 bits per heavy atom. The zero-order valence-electron chi connectivity index (χ0n) is 17.8. The molecule has 0 N–H and O–H groups in total. The Morgan fingerprint density at radius 3 is 2.07 bits per heavy atom. The van der Waals surface area contributed by atoms with Crippen LogP contribution >= 0.6 is 0 Å². The lowest BCUT2D eigenvalue weighted by atomic mass is 10.2. The van der Waals surface area contributed by atoms with Gasteiger partial charge in [0.2, 0.25) is 17.8 Å². The van der Waals surface area contributed by atoms with Crippen LogP contribution in [-0.4, -0.2) is 84.9 Å². The van der Waals surface area contributed by atoms with Gasteiger partial charge in [0.25, 0.3) is 0 Å². The summed E-state index contributed by atoms with van der Waals surface area (Å²) < 4.78 is 5.45. The molecule has 1 amide bonds. The zero-order chi connectivity index (χ0) is 21.6. The third-order valence-electron chi connectivity index (χ3n) is 4.06. The zero-order valence-corrected chi connectivity index (χ0v) is 17.8. The van der Waals surface area contributed by atoms with Crippen LogP contribution in [0.2, 0.25) is 0 Å². The van der Waals surface area contributed by atoms with Crippen molar-refractivity contribution in [1.82, 2.24) is 19.9 Å². The van der Waals surface area contributed by atoms with Gasteiger partial charge in [-0.1, -0.05) is 11.8 Å². The summed E-state index contributed by atoms with van der Waals surface area (Å²) in [4.78, 5) is 33.2. The fraction of sp³-hybridized carbons (Fsp3) is 0.600. The molecule has 0 radical (unpaired) electrons. The molecule has 0 spiro atoms. The van der Waals surface area contributed by atoms with Crippen LogP contribution in [0.5, 0.6) is 0 Å². The van der Waals surface area contributed by atoms with E-state index in [-0.39, 0.29) is 6.09 Å². The number of hydrogen-bond acceptors (Lipinski definition) is 8. The van der Waals surface area contributed by atoms with Crippen molar-refractivity contribution in [2.75, 3.05) is 68.1 Å². The number of piperazine rings is 1. The number of ether oxygens (including phenoxy) is 1. The SMILES string of the molecule is C#CCN(CC#C)c1nc(N(C)C)nc(N2CCN(C(=O)OC(C)(C)C)CC2)n1. The molecule has 0 aliphatic carbocycles. The third-order valence-corrected chi connectivity index (χ3v) is 4.06. The van der Waals surface area contributed by atoms with E-state index in [2.05, 4.69) is 26.8 Å². The van der Waals surface area contributed by atoms with Gasteiger partial charge in [0.05, 0.1) is 13.1 Å². The highest BCUT2D eigenvalue weighted by Gasteiger charge is 2.27. The van der Waals surface area contributed by atoms with Gasteiger partial charge >= 0.3 is 6.09 Å². The van der Waals surface area contributed by atoms with Crippen molar-refractivity contribution in [2.24, 2.45) is 0 Å². The lowest BCUT2D eigenvalue weighted by Crippen LogP contribution is -2.50. The van der Waals surface area contributed by atoms with Gasteiger partial charge in [0.15, 0.2) is 0 Å². The smallest absolute Gasteiger partial charge is 0.410 e. The number of carbonyl (C=O) groups is 1. The van der Waals surface area contributed by atoms with Crippen molar-refractivity contribution in [3.05, 3.63) is 0 Å². The molecule has 0 atom stereocenters. The van der Waals surface area contributed by atoms with Crippen LogP contribution in [0.25, 0.3) is 0 Å². The molecule has 156 valence electrons. The first-order valence-corrected chi connectivity index (χ1v) is 9.42. The minimum atomic E-state index is -0.518. The third kappa shape index (κ3) is 6.15. The highest BCUT2D eigenvalue weighted by atomic mass is 16.6. The van der Waals surface area contributed by atoms with Gasteiger partial charge in [-0.25, -0.2) is 4.79 Å². The minimum Gasteiger partial charge on any atom is -0.444 e. The van der Waals surface area contributed by atoms with Gasteiger partial charge in [-0.2, -0.15) is 15.0 Å². The van der Waals surface area contributed by atoms with Crippen LogP contribution < -0.4 is 14.7 Å². The second-order valence-electron chi connectivity index (χ2n) is 7.85. The minimum absolute atomic E-state index is 0.299. The van der Waals surface area contributed by atoms with Gasteiger partial charge in [-0.05, 0) is 20.8 Å². The van der Waals surface area contributed by atoms with Crippen LogP contribution in [-0.2, 0) is 4.74 Å². The summed E-state index contributed by atoms with van der Waals surface area (Å²) in [6.45, 7) is 8.37. The van der Waals surface area contributed by atoms with E-state index in [0.29, 0.717) is 57.1 Å². The second-order valence-corrected chi connectivity index (χ2v) is 7.85. The number of rotatable bonds is 5. The molecule has 2 rings (SSSR count). The van der Waals surface area contributed by atoms with Gasteiger partial charge in [-0.15, -0.1) is 12.8 Å². The van der Waals surface area contributed by atoms with Gasteiger partial charge in [0, 0.05) is 40.3 Å². The molecule has 1 aliphatic heterocycles. The molecule has 1 aliphatic rings. The number of hydrogen-bond donors (Lipinski definition) is 0. The maximum atomic E-state index is 12.3. The molecule has 2 heterocycles. The molecule has 0 aromatic carbocycles. The highest BCUT2D eigenvalue weighted by molar-refractivity contribution is 5.68. The monoisotopic (exact) mass is 399 g/mol. The molecule has 9 nitrogen and oxygen atoms in total. The van der Waals surface area contributed by atoms with E-state index in [0.717, 1.165) is 0 Å². The average molecular weight is 399 g/mol. The molecule has 1 aromatic rings. The molecule has 29 heavy (non-hydrogen) atoms. The first-order valence-electron chi connectivity index (χ1n) is 9.42. The van der Waals surface area contributed by atoms with E-state index in [9.17, 15) is 4.79 Å². The molecule has 1 fully saturated rings. The van der Waals surface area contributed by atoms with Gasteiger partial charge < -0.3 is 24.3 Å². The van der Waals surface area contributed by atoms with E-state index < -0.39 is 5.60 Å². The number of carbonyl (C=O) groups excluding carboxylic acids is 1.